The Hall–Kier alpha value is -2.78. The van der Waals surface area contributed by atoms with Crippen LogP contribution in [0.25, 0.3) is 33.1 Å². The zero-order valence-electron chi connectivity index (χ0n) is 12.2. The summed E-state index contributed by atoms with van der Waals surface area (Å²) in [7, 11) is 0. The molecule has 1 aliphatic heterocycles. The summed E-state index contributed by atoms with van der Waals surface area (Å²) in [6, 6.07) is 20.9. The fourth-order valence-electron chi connectivity index (χ4n) is 3.72. The van der Waals surface area contributed by atoms with Crippen LogP contribution in [0.4, 0.5) is 0 Å². The van der Waals surface area contributed by atoms with Crippen LogP contribution in [-0.4, -0.2) is 9.97 Å². The van der Waals surface area contributed by atoms with Gasteiger partial charge >= 0.3 is 0 Å². The lowest BCUT2D eigenvalue weighted by molar-refractivity contribution is 0.377. The van der Waals surface area contributed by atoms with E-state index in [9.17, 15) is 0 Å². The first-order chi connectivity index (χ1) is 11.4. The first kappa shape index (κ1) is 11.7. The summed E-state index contributed by atoms with van der Waals surface area (Å²) in [4.78, 5) is 9.92. The van der Waals surface area contributed by atoms with E-state index in [4.69, 9.17) is 14.7 Å². The largest absolute Gasteiger partial charge is 0.358 e. The lowest BCUT2D eigenvalue weighted by Gasteiger charge is -2.16. The van der Waals surface area contributed by atoms with E-state index in [1.54, 1.807) is 0 Å². The Labute approximate surface area is 132 Å². The fraction of sp³-hybridized carbons (Fsp3) is 0.100. The molecule has 1 aliphatic carbocycles. The van der Waals surface area contributed by atoms with E-state index in [1.165, 1.54) is 10.9 Å². The molecule has 2 aliphatic rings. The van der Waals surface area contributed by atoms with Gasteiger partial charge < -0.3 is 4.74 Å². The van der Waals surface area contributed by atoms with Gasteiger partial charge in [-0.25, -0.2) is 9.97 Å². The van der Waals surface area contributed by atoms with Gasteiger partial charge in [0, 0.05) is 10.9 Å². The number of hydrogen-bond acceptors (Lipinski definition) is 3. The zero-order chi connectivity index (χ0) is 15.0. The highest BCUT2D eigenvalue weighted by Crippen LogP contribution is 2.58. The second-order valence-corrected chi connectivity index (χ2v) is 6.18. The average molecular weight is 296 g/mol. The van der Waals surface area contributed by atoms with Crippen molar-refractivity contribution in [3.63, 3.8) is 0 Å². The number of benzene rings is 3. The van der Waals surface area contributed by atoms with E-state index in [2.05, 4.69) is 60.7 Å². The van der Waals surface area contributed by atoms with Crippen molar-refractivity contribution < 1.29 is 4.74 Å². The Morgan fingerprint density at radius 1 is 0.783 bits per heavy atom. The molecule has 3 nitrogen and oxygen atoms in total. The SMILES string of the molecule is c1ccc2c(c1)-c1nc3ccc4ccccc4c3nc1C1OC21. The maximum Gasteiger partial charge on any atom is 0.133 e. The van der Waals surface area contributed by atoms with Gasteiger partial charge in [0.2, 0.25) is 0 Å². The van der Waals surface area contributed by atoms with Crippen LogP contribution in [0.3, 0.4) is 0 Å². The van der Waals surface area contributed by atoms with Gasteiger partial charge in [0.05, 0.1) is 22.4 Å². The highest BCUT2D eigenvalue weighted by molar-refractivity contribution is 6.04. The van der Waals surface area contributed by atoms with Crippen molar-refractivity contribution in [2.75, 3.05) is 0 Å². The van der Waals surface area contributed by atoms with E-state index in [0.29, 0.717) is 0 Å². The number of nitrogens with zero attached hydrogens (tertiary/aromatic N) is 2. The van der Waals surface area contributed by atoms with Gasteiger partial charge in [-0.15, -0.1) is 0 Å². The number of aromatic nitrogens is 2. The molecule has 0 N–H and O–H groups in total. The van der Waals surface area contributed by atoms with Gasteiger partial charge in [0.1, 0.15) is 12.2 Å². The fourth-order valence-corrected chi connectivity index (χ4v) is 3.72. The topological polar surface area (TPSA) is 38.3 Å². The number of ether oxygens (including phenoxy) is 1. The molecule has 1 fully saturated rings. The molecule has 108 valence electrons. The minimum absolute atomic E-state index is 0.0655. The van der Waals surface area contributed by atoms with Crippen LogP contribution in [0.2, 0.25) is 0 Å². The highest BCUT2D eigenvalue weighted by Gasteiger charge is 2.49. The number of epoxide rings is 1. The molecule has 2 unspecified atom stereocenters. The Kier molecular flexibility index (Phi) is 2.01. The summed E-state index contributed by atoms with van der Waals surface area (Å²) in [5, 5.41) is 2.34. The molecule has 0 saturated carbocycles. The van der Waals surface area contributed by atoms with Crippen LogP contribution >= 0.6 is 0 Å². The monoisotopic (exact) mass is 296 g/mol. The van der Waals surface area contributed by atoms with Gasteiger partial charge in [-0.05, 0) is 17.0 Å². The van der Waals surface area contributed by atoms with E-state index in [0.717, 1.165) is 33.4 Å². The normalized spacial score (nSPS) is 20.9. The highest BCUT2D eigenvalue weighted by atomic mass is 16.6. The summed E-state index contributed by atoms with van der Waals surface area (Å²) in [5.74, 6) is 0. The minimum Gasteiger partial charge on any atom is -0.358 e. The molecule has 23 heavy (non-hydrogen) atoms. The second-order valence-electron chi connectivity index (χ2n) is 6.18. The van der Waals surface area contributed by atoms with Crippen molar-refractivity contribution in [1.29, 1.82) is 0 Å². The van der Waals surface area contributed by atoms with Crippen LogP contribution in [0.5, 0.6) is 0 Å². The van der Waals surface area contributed by atoms with Crippen LogP contribution in [0.1, 0.15) is 23.5 Å². The molecule has 2 heterocycles. The molecule has 1 saturated heterocycles. The summed E-state index contributed by atoms with van der Waals surface area (Å²) in [5.41, 5.74) is 6.26. The van der Waals surface area contributed by atoms with Crippen LogP contribution in [0, 0.1) is 0 Å². The molecule has 1 aromatic heterocycles. The first-order valence-electron chi connectivity index (χ1n) is 7.84. The van der Waals surface area contributed by atoms with Crippen molar-refractivity contribution in [1.82, 2.24) is 9.97 Å². The number of rotatable bonds is 0. The quantitative estimate of drug-likeness (QED) is 0.352. The van der Waals surface area contributed by atoms with Crippen molar-refractivity contribution in [2.24, 2.45) is 0 Å². The molecule has 3 aromatic carbocycles. The van der Waals surface area contributed by atoms with E-state index in [1.807, 2.05) is 0 Å². The second kappa shape index (κ2) is 3.94. The van der Waals surface area contributed by atoms with E-state index >= 15 is 0 Å². The Bertz CT molecular complexity index is 1120. The van der Waals surface area contributed by atoms with Crippen molar-refractivity contribution in [2.45, 2.75) is 12.2 Å². The third-order valence-electron chi connectivity index (χ3n) is 4.87. The third-order valence-corrected chi connectivity index (χ3v) is 4.87. The maximum absolute atomic E-state index is 5.89. The van der Waals surface area contributed by atoms with Gasteiger partial charge in [-0.1, -0.05) is 54.6 Å². The van der Waals surface area contributed by atoms with Crippen molar-refractivity contribution in [3.8, 4) is 11.3 Å². The molecule has 0 amide bonds. The van der Waals surface area contributed by atoms with Crippen LogP contribution < -0.4 is 0 Å². The maximum atomic E-state index is 5.89. The smallest absolute Gasteiger partial charge is 0.133 e. The predicted octanol–water partition coefficient (Wildman–Crippen LogP) is 4.58. The lowest BCUT2D eigenvalue weighted by atomic mass is 9.91. The molecule has 2 atom stereocenters. The molecular weight excluding hydrogens is 284 g/mol. The summed E-state index contributed by atoms with van der Waals surface area (Å²) >= 11 is 0. The number of hydrogen-bond donors (Lipinski definition) is 0. The predicted molar refractivity (Wildman–Crippen MR) is 89.0 cm³/mol. The van der Waals surface area contributed by atoms with Crippen molar-refractivity contribution >= 4 is 21.8 Å². The summed E-state index contributed by atoms with van der Waals surface area (Å²) < 4.78 is 5.89. The van der Waals surface area contributed by atoms with Gasteiger partial charge in [0.15, 0.2) is 0 Å². The Morgan fingerprint density at radius 3 is 2.65 bits per heavy atom. The molecule has 0 bridgehead atoms. The molecule has 0 spiro atoms. The van der Waals surface area contributed by atoms with Crippen LogP contribution in [-0.2, 0) is 4.74 Å². The molecular formula is C20H12N2O. The summed E-state index contributed by atoms with van der Waals surface area (Å²) in [6.45, 7) is 0. The minimum atomic E-state index is 0.0655. The van der Waals surface area contributed by atoms with Crippen molar-refractivity contribution in [3.05, 3.63) is 71.9 Å². The average Bonchev–Trinajstić information content (AvgIpc) is 3.42. The van der Waals surface area contributed by atoms with Gasteiger partial charge in [-0.2, -0.15) is 0 Å². The van der Waals surface area contributed by atoms with E-state index in [-0.39, 0.29) is 12.2 Å². The third kappa shape index (κ3) is 1.47. The molecule has 0 radical (unpaired) electrons. The molecule has 6 rings (SSSR count). The summed E-state index contributed by atoms with van der Waals surface area (Å²) in [6.07, 6.45) is 0.219. The van der Waals surface area contributed by atoms with E-state index < -0.39 is 0 Å². The standard InChI is InChI=1S/C20H12N2O/c1-2-6-12-11(5-1)9-10-15-16(12)22-18-17(21-15)13-7-3-4-8-14(13)19-20(18)23-19/h1-10,19-20H. The Balaban J connectivity index is 1.75. The number of fused-ring (bicyclic) bond motifs is 9. The molecule has 3 heteroatoms. The Morgan fingerprint density at radius 2 is 1.65 bits per heavy atom. The zero-order valence-corrected chi connectivity index (χ0v) is 12.2. The van der Waals surface area contributed by atoms with Crippen LogP contribution in [0.15, 0.2) is 60.7 Å². The molecule has 4 aromatic rings. The van der Waals surface area contributed by atoms with Gasteiger partial charge in [0.25, 0.3) is 0 Å². The van der Waals surface area contributed by atoms with Gasteiger partial charge in [-0.3, -0.25) is 0 Å². The first-order valence-corrected chi connectivity index (χ1v) is 7.84. The lowest BCUT2D eigenvalue weighted by Crippen LogP contribution is -2.04.